The molecule has 4 heteroatoms. The molecule has 0 aliphatic rings. The Morgan fingerprint density at radius 3 is 1.31 bits per heavy atom. The summed E-state index contributed by atoms with van der Waals surface area (Å²) < 4.78 is 13.7. The van der Waals surface area contributed by atoms with Crippen molar-refractivity contribution in [2.24, 2.45) is 37.9 Å². The smallest absolute Gasteiger partial charge is 0.311 e. The number of halogens is 1. The molecule has 2 unspecified atom stereocenters. The summed E-state index contributed by atoms with van der Waals surface area (Å²) in [6, 6.07) is 12.7. The number of benzene rings is 2. The predicted octanol–water partition coefficient (Wildman–Crippen LogP) is 20.5. The molecule has 64 heavy (non-hydrogen) atoms. The van der Waals surface area contributed by atoms with Gasteiger partial charge in [-0.25, -0.2) is 0 Å². The zero-order valence-electron chi connectivity index (χ0n) is 45.2. The highest BCUT2D eigenvalue weighted by atomic mass is 79.9. The number of rotatable bonds is 36. The fourth-order valence-electron chi connectivity index (χ4n) is 13.3. The fourth-order valence-corrected chi connectivity index (χ4v) is 13.7. The molecule has 0 radical (unpaired) electrons. The van der Waals surface area contributed by atoms with E-state index in [0.717, 1.165) is 48.7 Å². The third kappa shape index (κ3) is 15.8. The Bertz CT molecular complexity index is 1550. The highest BCUT2D eigenvalue weighted by Gasteiger charge is 2.54. The van der Waals surface area contributed by atoms with Gasteiger partial charge in [0.15, 0.2) is 0 Å². The van der Waals surface area contributed by atoms with Crippen LogP contribution in [0.2, 0.25) is 0 Å². The Balaban J connectivity index is 2.58. The summed E-state index contributed by atoms with van der Waals surface area (Å²) in [5, 5.41) is 2.40. The highest BCUT2D eigenvalue weighted by Crippen LogP contribution is 2.64. The van der Waals surface area contributed by atoms with Crippen molar-refractivity contribution >= 4 is 32.7 Å². The third-order valence-electron chi connectivity index (χ3n) is 18.9. The van der Waals surface area contributed by atoms with Gasteiger partial charge in [-0.3, -0.25) is 4.79 Å². The molecule has 0 saturated carbocycles. The molecule has 2 atom stereocenters. The van der Waals surface area contributed by atoms with Gasteiger partial charge < -0.3 is 9.47 Å². The SMILES string of the molecule is CCCC(CC)(CC)CC(CC)(CC(CC)(CC)CC)CC(CC(CC)(CC)CC)(CC(CC)(CC)CC)CC(C)(CC)C(=O)OCCCCCCOc1ccc2cc(Br)ccc2c1. The van der Waals surface area contributed by atoms with E-state index >= 15 is 0 Å². The Morgan fingerprint density at radius 2 is 0.859 bits per heavy atom. The molecule has 0 spiro atoms. The van der Waals surface area contributed by atoms with Gasteiger partial charge in [0.25, 0.3) is 0 Å². The Hall–Kier alpha value is -1.55. The van der Waals surface area contributed by atoms with E-state index in [9.17, 15) is 4.79 Å². The van der Waals surface area contributed by atoms with E-state index in [2.05, 4.69) is 156 Å². The van der Waals surface area contributed by atoms with E-state index < -0.39 is 5.41 Å². The zero-order chi connectivity index (χ0) is 48.1. The van der Waals surface area contributed by atoms with Gasteiger partial charge in [-0.1, -0.05) is 208 Å². The van der Waals surface area contributed by atoms with Crippen LogP contribution in [0.4, 0.5) is 0 Å². The lowest BCUT2D eigenvalue weighted by Crippen LogP contribution is -2.47. The second-order valence-corrected chi connectivity index (χ2v) is 22.9. The van der Waals surface area contributed by atoms with Gasteiger partial charge in [0.05, 0.1) is 18.6 Å². The van der Waals surface area contributed by atoms with Crippen LogP contribution in [0, 0.1) is 37.9 Å². The topological polar surface area (TPSA) is 35.5 Å². The molecule has 0 N–H and O–H groups in total. The number of fused-ring (bicyclic) bond motifs is 1. The molecule has 0 aromatic heterocycles. The number of carbonyl (C=O) groups excluding carboxylic acids is 1. The molecule has 370 valence electrons. The van der Waals surface area contributed by atoms with Crippen molar-refractivity contribution in [3.05, 3.63) is 40.9 Å². The summed E-state index contributed by atoms with van der Waals surface area (Å²) in [6.07, 6.45) is 29.2. The first kappa shape index (κ1) is 58.6. The molecule has 3 nitrogen and oxygen atoms in total. The molecule has 0 amide bonds. The molecular weight excluding hydrogens is 849 g/mol. The van der Waals surface area contributed by atoms with Gasteiger partial charge in [0.1, 0.15) is 5.75 Å². The average molecular weight is 954 g/mol. The fraction of sp³-hybridized carbons (Fsp3) is 0.817. The minimum atomic E-state index is -0.543. The molecular formula is C60H105BrO3. The summed E-state index contributed by atoms with van der Waals surface area (Å²) in [5.41, 5.74) is 0.844. The summed E-state index contributed by atoms with van der Waals surface area (Å²) >= 11 is 3.58. The molecule has 0 aliphatic heterocycles. The number of unbranched alkanes of at least 4 members (excludes halogenated alkanes) is 3. The number of esters is 1. The van der Waals surface area contributed by atoms with Crippen LogP contribution in [0.25, 0.3) is 10.8 Å². The van der Waals surface area contributed by atoms with Crippen molar-refractivity contribution < 1.29 is 14.3 Å². The first-order valence-corrected chi connectivity index (χ1v) is 28.2. The summed E-state index contributed by atoms with van der Waals surface area (Å²) in [6.45, 7) is 38.0. The van der Waals surface area contributed by atoms with E-state index in [4.69, 9.17) is 9.47 Å². The maximum atomic E-state index is 14.9. The second kappa shape index (κ2) is 27.4. The Kier molecular flexibility index (Phi) is 25.1. The Labute approximate surface area is 407 Å². The number of carbonyl (C=O) groups is 1. The normalized spacial score (nSPS) is 15.0. The summed E-state index contributed by atoms with van der Waals surface area (Å²) in [5.74, 6) is 0.972. The molecule has 0 heterocycles. The van der Waals surface area contributed by atoms with E-state index in [1.165, 1.54) is 133 Å². The first-order valence-electron chi connectivity index (χ1n) is 27.4. The zero-order valence-corrected chi connectivity index (χ0v) is 46.7. The average Bonchev–Trinajstić information content (AvgIpc) is 3.32. The van der Waals surface area contributed by atoms with Gasteiger partial charge in [-0.05, 0) is 152 Å². The predicted molar refractivity (Wildman–Crippen MR) is 286 cm³/mol. The van der Waals surface area contributed by atoms with Crippen molar-refractivity contribution in [1.29, 1.82) is 0 Å². The monoisotopic (exact) mass is 953 g/mol. The maximum Gasteiger partial charge on any atom is 0.311 e. The first-order chi connectivity index (χ1) is 30.5. The molecule has 0 saturated heterocycles. The standard InChI is InChI=1S/C60H105BrO3/c1-16-38-58(27-12,28-13)47-59(29-14,44-55(18-3,19-4)20-5)48-60(45-56(21-6,22-7)23-8,46-57(24-9,25-10)26-11)43-54(15,17-2)53(62)64-40-33-31-30-32-39-63-52-37-35-49-41-51(61)36-34-50(49)42-52/h34-37,41-42H,16-33,38-40,43-48H2,1-15H3. The molecule has 0 aliphatic carbocycles. The largest absolute Gasteiger partial charge is 0.494 e. The summed E-state index contributed by atoms with van der Waals surface area (Å²) in [4.78, 5) is 14.9. The van der Waals surface area contributed by atoms with Crippen molar-refractivity contribution in [3.8, 4) is 5.75 Å². The van der Waals surface area contributed by atoms with E-state index in [1.54, 1.807) is 0 Å². The molecule has 2 rings (SSSR count). The van der Waals surface area contributed by atoms with Crippen LogP contribution in [0.5, 0.6) is 5.75 Å². The molecule has 0 fully saturated rings. The third-order valence-corrected chi connectivity index (χ3v) is 19.4. The minimum Gasteiger partial charge on any atom is -0.494 e. The van der Waals surface area contributed by atoms with Crippen LogP contribution < -0.4 is 4.74 Å². The summed E-state index contributed by atoms with van der Waals surface area (Å²) in [7, 11) is 0. The Morgan fingerprint density at radius 1 is 0.453 bits per heavy atom. The van der Waals surface area contributed by atoms with Crippen LogP contribution >= 0.6 is 15.9 Å². The van der Waals surface area contributed by atoms with E-state index in [0.29, 0.717) is 24.0 Å². The van der Waals surface area contributed by atoms with Gasteiger partial charge >= 0.3 is 5.97 Å². The van der Waals surface area contributed by atoms with Crippen LogP contribution in [0.3, 0.4) is 0 Å². The van der Waals surface area contributed by atoms with Gasteiger partial charge in [-0.2, -0.15) is 0 Å². The minimum absolute atomic E-state index is 0.00609. The van der Waals surface area contributed by atoms with Crippen molar-refractivity contribution in [1.82, 2.24) is 0 Å². The van der Waals surface area contributed by atoms with Crippen LogP contribution in [0.15, 0.2) is 40.9 Å². The lowest BCUT2D eigenvalue weighted by molar-refractivity contribution is -0.160. The van der Waals surface area contributed by atoms with Crippen molar-refractivity contribution in [2.75, 3.05) is 13.2 Å². The van der Waals surface area contributed by atoms with Gasteiger partial charge in [0, 0.05) is 4.47 Å². The lowest BCUT2D eigenvalue weighted by Gasteiger charge is -2.57. The van der Waals surface area contributed by atoms with Crippen molar-refractivity contribution in [3.63, 3.8) is 0 Å². The quantitative estimate of drug-likeness (QED) is 0.0504. The van der Waals surface area contributed by atoms with E-state index in [1.807, 2.05) is 0 Å². The molecule has 0 bridgehead atoms. The lowest BCUT2D eigenvalue weighted by atomic mass is 9.48. The van der Waals surface area contributed by atoms with Crippen LogP contribution in [-0.2, 0) is 9.53 Å². The number of hydrogen-bond donors (Lipinski definition) is 0. The van der Waals surface area contributed by atoms with Crippen molar-refractivity contribution in [2.45, 2.75) is 264 Å². The van der Waals surface area contributed by atoms with Gasteiger partial charge in [-0.15, -0.1) is 0 Å². The second-order valence-electron chi connectivity index (χ2n) is 22.0. The van der Waals surface area contributed by atoms with E-state index in [-0.39, 0.29) is 27.6 Å². The highest BCUT2D eigenvalue weighted by molar-refractivity contribution is 9.10. The van der Waals surface area contributed by atoms with Gasteiger partial charge in [0.2, 0.25) is 0 Å². The number of ether oxygens (including phenoxy) is 2. The molecule has 2 aromatic carbocycles. The molecule has 2 aromatic rings. The maximum absolute atomic E-state index is 14.9. The van der Waals surface area contributed by atoms with Crippen LogP contribution in [0.1, 0.15) is 264 Å². The van der Waals surface area contributed by atoms with Crippen LogP contribution in [-0.4, -0.2) is 19.2 Å². The number of hydrogen-bond acceptors (Lipinski definition) is 3.